The fourth-order valence-electron chi connectivity index (χ4n) is 2.70. The molecule has 1 aromatic heterocycles. The Labute approximate surface area is 145 Å². The van der Waals surface area contributed by atoms with E-state index in [-0.39, 0.29) is 5.91 Å². The topological polar surface area (TPSA) is 54.1 Å². The van der Waals surface area contributed by atoms with Crippen molar-refractivity contribution in [2.24, 2.45) is 0 Å². The number of nitrogens with one attached hydrogen (secondary N) is 2. The van der Waals surface area contributed by atoms with Crippen LogP contribution in [0.1, 0.15) is 22.3 Å². The first kappa shape index (κ1) is 16.4. The van der Waals surface area contributed by atoms with Crippen molar-refractivity contribution in [2.45, 2.75) is 12.8 Å². The first-order valence-electron chi connectivity index (χ1n) is 7.85. The van der Waals surface area contributed by atoms with Gasteiger partial charge >= 0.3 is 0 Å². The number of carbonyl (C=O) groups is 1. The van der Waals surface area contributed by atoms with Gasteiger partial charge < -0.3 is 15.0 Å². The second kappa shape index (κ2) is 7.41. The van der Waals surface area contributed by atoms with E-state index in [1.807, 2.05) is 24.4 Å². The average Bonchev–Trinajstić information content (AvgIpc) is 3.00. The number of aromatic amines is 1. The molecule has 124 valence electrons. The van der Waals surface area contributed by atoms with Crippen LogP contribution < -0.4 is 10.1 Å². The Balaban J connectivity index is 1.56. The second-order valence-corrected chi connectivity index (χ2v) is 6.03. The molecule has 0 fully saturated rings. The number of H-pyrrole nitrogens is 1. The Kier molecular flexibility index (Phi) is 5.06. The number of fused-ring (bicyclic) bond motifs is 1. The van der Waals surface area contributed by atoms with E-state index in [0.717, 1.165) is 29.5 Å². The highest BCUT2D eigenvalue weighted by Gasteiger charge is 2.07. The van der Waals surface area contributed by atoms with Crippen molar-refractivity contribution in [1.29, 1.82) is 0 Å². The minimum absolute atomic E-state index is 0.0990. The maximum absolute atomic E-state index is 12.1. The third kappa shape index (κ3) is 3.71. The highest BCUT2D eigenvalue weighted by Crippen LogP contribution is 2.24. The first-order chi connectivity index (χ1) is 11.7. The number of benzene rings is 2. The molecule has 1 amide bonds. The van der Waals surface area contributed by atoms with E-state index in [2.05, 4.69) is 10.3 Å². The van der Waals surface area contributed by atoms with Crippen LogP contribution in [0.5, 0.6) is 5.75 Å². The molecule has 0 bridgehead atoms. The molecule has 3 rings (SSSR count). The molecule has 0 aliphatic carbocycles. The fraction of sp³-hybridized carbons (Fsp3) is 0.211. The highest BCUT2D eigenvalue weighted by atomic mass is 35.5. The summed E-state index contributed by atoms with van der Waals surface area (Å²) in [6, 6.07) is 12.9. The SMILES string of the molecule is COc1ccc2[nH]cc(CCCNC(=O)c3cccc(Cl)c3)c2c1. The van der Waals surface area contributed by atoms with Crippen LogP contribution >= 0.6 is 11.6 Å². The summed E-state index contributed by atoms with van der Waals surface area (Å²) < 4.78 is 5.28. The Bertz CT molecular complexity index is 857. The molecule has 0 saturated carbocycles. The summed E-state index contributed by atoms with van der Waals surface area (Å²) in [5, 5.41) is 4.65. The smallest absolute Gasteiger partial charge is 0.251 e. The van der Waals surface area contributed by atoms with E-state index in [1.54, 1.807) is 31.4 Å². The molecule has 3 aromatic rings. The number of amides is 1. The lowest BCUT2D eigenvalue weighted by Gasteiger charge is -2.06. The predicted octanol–water partition coefficient (Wildman–Crippen LogP) is 4.19. The molecule has 0 aliphatic heterocycles. The lowest BCUT2D eigenvalue weighted by molar-refractivity contribution is 0.0953. The zero-order valence-corrected chi connectivity index (χ0v) is 14.2. The molecule has 0 aliphatic rings. The van der Waals surface area contributed by atoms with Crippen molar-refractivity contribution in [3.05, 3.63) is 64.8 Å². The molecule has 0 spiro atoms. The van der Waals surface area contributed by atoms with Crippen LogP contribution in [0, 0.1) is 0 Å². The van der Waals surface area contributed by atoms with E-state index < -0.39 is 0 Å². The number of ether oxygens (including phenoxy) is 1. The molecule has 4 nitrogen and oxygen atoms in total. The van der Waals surface area contributed by atoms with Gasteiger partial charge in [-0.15, -0.1) is 0 Å². The van der Waals surface area contributed by atoms with Gasteiger partial charge in [-0.1, -0.05) is 17.7 Å². The molecule has 24 heavy (non-hydrogen) atoms. The highest BCUT2D eigenvalue weighted by molar-refractivity contribution is 6.30. The van der Waals surface area contributed by atoms with Gasteiger partial charge in [0, 0.05) is 34.2 Å². The molecule has 5 heteroatoms. The molecule has 2 aromatic carbocycles. The Morgan fingerprint density at radius 2 is 2.12 bits per heavy atom. The molecule has 1 heterocycles. The third-order valence-corrected chi connectivity index (χ3v) is 4.20. The van der Waals surface area contributed by atoms with E-state index in [0.29, 0.717) is 17.1 Å². The van der Waals surface area contributed by atoms with Crippen molar-refractivity contribution >= 4 is 28.4 Å². The van der Waals surface area contributed by atoms with Crippen LogP contribution in [0.2, 0.25) is 5.02 Å². The minimum atomic E-state index is -0.0990. The number of aryl methyl sites for hydroxylation is 1. The molecular weight excluding hydrogens is 324 g/mol. The van der Waals surface area contributed by atoms with Crippen LogP contribution in [-0.2, 0) is 6.42 Å². The number of hydrogen-bond donors (Lipinski definition) is 2. The fourth-order valence-corrected chi connectivity index (χ4v) is 2.89. The molecule has 2 N–H and O–H groups in total. The summed E-state index contributed by atoms with van der Waals surface area (Å²) in [6.45, 7) is 0.613. The van der Waals surface area contributed by atoms with E-state index in [1.165, 1.54) is 5.56 Å². The Morgan fingerprint density at radius 3 is 2.92 bits per heavy atom. The number of halogens is 1. The number of methoxy groups -OCH3 is 1. The van der Waals surface area contributed by atoms with Crippen LogP contribution in [0.25, 0.3) is 10.9 Å². The van der Waals surface area contributed by atoms with Crippen molar-refractivity contribution in [3.63, 3.8) is 0 Å². The predicted molar refractivity (Wildman–Crippen MR) is 97.0 cm³/mol. The van der Waals surface area contributed by atoms with E-state index in [4.69, 9.17) is 16.3 Å². The van der Waals surface area contributed by atoms with Gasteiger partial charge in [-0.3, -0.25) is 4.79 Å². The zero-order valence-electron chi connectivity index (χ0n) is 13.4. The molecular formula is C19H19ClN2O2. The molecule has 0 unspecified atom stereocenters. The second-order valence-electron chi connectivity index (χ2n) is 5.60. The van der Waals surface area contributed by atoms with Gasteiger partial charge in [0.2, 0.25) is 0 Å². The number of aromatic nitrogens is 1. The average molecular weight is 343 g/mol. The van der Waals surface area contributed by atoms with Gasteiger partial charge in [0.15, 0.2) is 0 Å². The van der Waals surface area contributed by atoms with Gasteiger partial charge in [-0.05, 0) is 54.8 Å². The summed E-state index contributed by atoms with van der Waals surface area (Å²) in [5.74, 6) is 0.746. The van der Waals surface area contributed by atoms with Gasteiger partial charge in [0.05, 0.1) is 7.11 Å². The zero-order chi connectivity index (χ0) is 16.9. The van der Waals surface area contributed by atoms with Crippen LogP contribution in [0.3, 0.4) is 0 Å². The number of carbonyl (C=O) groups excluding carboxylic acids is 1. The molecule has 0 radical (unpaired) electrons. The van der Waals surface area contributed by atoms with Crippen molar-refractivity contribution < 1.29 is 9.53 Å². The Morgan fingerprint density at radius 1 is 1.25 bits per heavy atom. The van der Waals surface area contributed by atoms with Crippen LogP contribution in [0.15, 0.2) is 48.7 Å². The normalized spacial score (nSPS) is 10.8. The van der Waals surface area contributed by atoms with Crippen molar-refractivity contribution in [1.82, 2.24) is 10.3 Å². The first-order valence-corrected chi connectivity index (χ1v) is 8.23. The lowest BCUT2D eigenvalue weighted by Crippen LogP contribution is -2.24. The molecule has 0 saturated heterocycles. The lowest BCUT2D eigenvalue weighted by atomic mass is 10.1. The van der Waals surface area contributed by atoms with E-state index in [9.17, 15) is 4.79 Å². The summed E-state index contributed by atoms with van der Waals surface area (Å²) >= 11 is 5.90. The summed E-state index contributed by atoms with van der Waals surface area (Å²) in [7, 11) is 1.67. The number of hydrogen-bond acceptors (Lipinski definition) is 2. The van der Waals surface area contributed by atoms with Gasteiger partial charge in [0.25, 0.3) is 5.91 Å². The molecule has 0 atom stereocenters. The minimum Gasteiger partial charge on any atom is -0.497 e. The standard InChI is InChI=1S/C19H19ClN2O2/c1-24-16-7-8-18-17(11-16)14(12-22-18)5-3-9-21-19(23)13-4-2-6-15(20)10-13/h2,4,6-8,10-12,22H,3,5,9H2,1H3,(H,21,23). The number of rotatable bonds is 6. The third-order valence-electron chi connectivity index (χ3n) is 3.97. The van der Waals surface area contributed by atoms with Crippen molar-refractivity contribution in [2.75, 3.05) is 13.7 Å². The largest absolute Gasteiger partial charge is 0.497 e. The van der Waals surface area contributed by atoms with Crippen LogP contribution in [0.4, 0.5) is 0 Å². The van der Waals surface area contributed by atoms with E-state index >= 15 is 0 Å². The van der Waals surface area contributed by atoms with Gasteiger partial charge in [-0.2, -0.15) is 0 Å². The maximum Gasteiger partial charge on any atom is 0.251 e. The summed E-state index contributed by atoms with van der Waals surface area (Å²) in [4.78, 5) is 15.3. The summed E-state index contributed by atoms with van der Waals surface area (Å²) in [6.07, 6.45) is 3.75. The quantitative estimate of drug-likeness (QED) is 0.660. The van der Waals surface area contributed by atoms with Crippen molar-refractivity contribution in [3.8, 4) is 5.75 Å². The maximum atomic E-state index is 12.1. The van der Waals surface area contributed by atoms with Gasteiger partial charge in [-0.25, -0.2) is 0 Å². The summed E-state index contributed by atoms with van der Waals surface area (Å²) in [5.41, 5.74) is 2.90. The monoisotopic (exact) mass is 342 g/mol. The van der Waals surface area contributed by atoms with Gasteiger partial charge in [0.1, 0.15) is 5.75 Å². The Hall–Kier alpha value is -2.46. The van der Waals surface area contributed by atoms with Crippen LogP contribution in [-0.4, -0.2) is 24.5 Å².